The smallest absolute Gasteiger partial charge is 0.0975 e. The molecule has 0 saturated carbocycles. The fourth-order valence-corrected chi connectivity index (χ4v) is 2.43. The maximum absolute atomic E-state index is 9.10. The van der Waals surface area contributed by atoms with Crippen molar-refractivity contribution in [2.45, 2.75) is 32.2 Å². The van der Waals surface area contributed by atoms with Crippen LogP contribution in [0.15, 0.2) is 24.3 Å². The minimum absolute atomic E-state index is 0.0920. The van der Waals surface area contributed by atoms with E-state index in [0.29, 0.717) is 0 Å². The lowest BCUT2D eigenvalue weighted by Gasteiger charge is -2.23. The molecule has 0 spiro atoms. The van der Waals surface area contributed by atoms with E-state index in [4.69, 9.17) is 5.26 Å². The Hall–Kier alpha value is -1.33. The molecule has 1 aliphatic rings. The van der Waals surface area contributed by atoms with E-state index in [0.717, 1.165) is 32.4 Å². The van der Waals surface area contributed by atoms with Crippen LogP contribution < -0.4 is 0 Å². The van der Waals surface area contributed by atoms with Crippen molar-refractivity contribution in [3.05, 3.63) is 35.4 Å². The quantitative estimate of drug-likeness (QED) is 0.756. The average molecular weight is 214 g/mol. The summed E-state index contributed by atoms with van der Waals surface area (Å²) in [6, 6.07) is 11.1. The molecule has 0 radical (unpaired) electrons. The Balaban J connectivity index is 2.10. The Morgan fingerprint density at radius 1 is 1.25 bits per heavy atom. The van der Waals surface area contributed by atoms with Gasteiger partial charge in [-0.05, 0) is 30.4 Å². The van der Waals surface area contributed by atoms with Crippen molar-refractivity contribution in [3.63, 3.8) is 0 Å². The van der Waals surface area contributed by atoms with Crippen molar-refractivity contribution in [3.8, 4) is 6.07 Å². The minimum Gasteiger partial charge on any atom is -0.287 e. The van der Waals surface area contributed by atoms with Gasteiger partial charge in [-0.1, -0.05) is 31.2 Å². The van der Waals surface area contributed by atoms with Crippen LogP contribution in [0.25, 0.3) is 0 Å². The van der Waals surface area contributed by atoms with Crippen LogP contribution in [0, 0.1) is 11.3 Å². The Kier molecular flexibility index (Phi) is 3.58. The Morgan fingerprint density at radius 2 is 1.81 bits per heavy atom. The lowest BCUT2D eigenvalue weighted by Crippen LogP contribution is -2.35. The first-order valence-corrected chi connectivity index (χ1v) is 6.05. The van der Waals surface area contributed by atoms with Crippen molar-refractivity contribution >= 4 is 0 Å². The normalized spacial score (nSPS) is 18.2. The first-order valence-electron chi connectivity index (χ1n) is 6.05. The van der Waals surface area contributed by atoms with E-state index in [1.165, 1.54) is 11.1 Å². The van der Waals surface area contributed by atoms with Crippen LogP contribution in [0.4, 0.5) is 0 Å². The van der Waals surface area contributed by atoms with Gasteiger partial charge in [-0.25, -0.2) is 0 Å². The Bertz CT molecular complexity index is 365. The van der Waals surface area contributed by atoms with E-state index in [2.05, 4.69) is 42.2 Å². The maximum Gasteiger partial charge on any atom is 0.0975 e. The number of hydrogen-bond donors (Lipinski definition) is 0. The average Bonchev–Trinajstić information content (AvgIpc) is 2.54. The van der Waals surface area contributed by atoms with E-state index >= 15 is 0 Å². The monoisotopic (exact) mass is 214 g/mol. The van der Waals surface area contributed by atoms with Crippen molar-refractivity contribution < 1.29 is 0 Å². The van der Waals surface area contributed by atoms with Gasteiger partial charge < -0.3 is 0 Å². The second kappa shape index (κ2) is 5.14. The second-order valence-corrected chi connectivity index (χ2v) is 4.36. The first-order chi connectivity index (χ1) is 7.85. The molecule has 1 atom stereocenters. The molecule has 2 heteroatoms. The van der Waals surface area contributed by atoms with Gasteiger partial charge >= 0.3 is 0 Å². The zero-order valence-electron chi connectivity index (χ0n) is 9.82. The van der Waals surface area contributed by atoms with Gasteiger partial charge in [-0.3, -0.25) is 4.90 Å². The topological polar surface area (TPSA) is 27.0 Å². The van der Waals surface area contributed by atoms with Crippen LogP contribution in [0.2, 0.25) is 0 Å². The van der Waals surface area contributed by atoms with Gasteiger partial charge in [0.1, 0.15) is 0 Å². The molecule has 1 aromatic rings. The third-order valence-electron chi connectivity index (χ3n) is 3.43. The van der Waals surface area contributed by atoms with E-state index in [9.17, 15) is 0 Å². The summed E-state index contributed by atoms with van der Waals surface area (Å²) in [4.78, 5) is 2.32. The molecule has 2 nitrogen and oxygen atoms in total. The number of benzene rings is 1. The summed E-state index contributed by atoms with van der Waals surface area (Å²) in [6.07, 6.45) is 3.08. The molecule has 2 rings (SSSR count). The summed E-state index contributed by atoms with van der Waals surface area (Å²) in [5.74, 6) is 0. The van der Waals surface area contributed by atoms with Crippen LogP contribution in [0.1, 0.15) is 24.5 Å². The summed E-state index contributed by atoms with van der Waals surface area (Å²) in [7, 11) is 0. The zero-order chi connectivity index (χ0) is 11.4. The molecule has 1 aromatic carbocycles. The lowest BCUT2D eigenvalue weighted by molar-refractivity contribution is 0.240. The van der Waals surface area contributed by atoms with Gasteiger partial charge in [-0.2, -0.15) is 5.26 Å². The lowest BCUT2D eigenvalue weighted by atomic mass is 10.0. The van der Waals surface area contributed by atoms with Crippen LogP contribution >= 0.6 is 0 Å². The highest BCUT2D eigenvalue weighted by Gasteiger charge is 2.19. The van der Waals surface area contributed by atoms with Crippen LogP contribution in [-0.4, -0.2) is 24.0 Å². The van der Waals surface area contributed by atoms with Gasteiger partial charge in [0.15, 0.2) is 0 Å². The highest BCUT2D eigenvalue weighted by Crippen LogP contribution is 2.17. The van der Waals surface area contributed by atoms with E-state index < -0.39 is 0 Å². The van der Waals surface area contributed by atoms with Gasteiger partial charge in [0.25, 0.3) is 0 Å². The van der Waals surface area contributed by atoms with E-state index in [-0.39, 0.29) is 6.04 Å². The Labute approximate surface area is 97.5 Å². The molecule has 0 aromatic heterocycles. The standard InChI is InChI=1S/C14H18N2/c1-2-14(11-15)16-9-7-12-5-3-4-6-13(12)8-10-16/h3-6,14H,2,7-10H2,1H3. The van der Waals surface area contributed by atoms with Crippen molar-refractivity contribution in [2.24, 2.45) is 0 Å². The van der Waals surface area contributed by atoms with Crippen LogP contribution in [0.5, 0.6) is 0 Å². The summed E-state index contributed by atoms with van der Waals surface area (Å²) in [5.41, 5.74) is 2.91. The van der Waals surface area contributed by atoms with Gasteiger partial charge in [0, 0.05) is 13.1 Å². The third-order valence-corrected chi connectivity index (χ3v) is 3.43. The predicted molar refractivity (Wildman–Crippen MR) is 65.1 cm³/mol. The highest BCUT2D eigenvalue weighted by molar-refractivity contribution is 5.28. The fourth-order valence-electron chi connectivity index (χ4n) is 2.43. The number of hydrogen-bond acceptors (Lipinski definition) is 2. The highest BCUT2D eigenvalue weighted by atomic mass is 15.1. The van der Waals surface area contributed by atoms with Gasteiger partial charge in [0.2, 0.25) is 0 Å². The second-order valence-electron chi connectivity index (χ2n) is 4.36. The molecule has 1 unspecified atom stereocenters. The van der Waals surface area contributed by atoms with Crippen molar-refractivity contribution in [1.29, 1.82) is 5.26 Å². The molecule has 1 heterocycles. The minimum atomic E-state index is 0.0920. The number of nitrogens with zero attached hydrogens (tertiary/aromatic N) is 2. The molecule has 84 valence electrons. The molecule has 0 fully saturated rings. The van der Waals surface area contributed by atoms with E-state index in [1.807, 2.05) is 0 Å². The SMILES string of the molecule is CCC(C#N)N1CCc2ccccc2CC1. The molecule has 0 saturated heterocycles. The molecule has 1 aliphatic heterocycles. The zero-order valence-corrected chi connectivity index (χ0v) is 9.82. The fraction of sp³-hybridized carbons (Fsp3) is 0.500. The molecule has 0 amide bonds. The third kappa shape index (κ3) is 2.25. The molecule has 0 aliphatic carbocycles. The number of nitriles is 1. The Morgan fingerprint density at radius 3 is 2.25 bits per heavy atom. The van der Waals surface area contributed by atoms with Crippen LogP contribution in [-0.2, 0) is 12.8 Å². The molecule has 0 N–H and O–H groups in total. The summed E-state index contributed by atoms with van der Waals surface area (Å²) in [5, 5.41) is 9.10. The van der Waals surface area contributed by atoms with Gasteiger partial charge in [-0.15, -0.1) is 0 Å². The van der Waals surface area contributed by atoms with Crippen LogP contribution in [0.3, 0.4) is 0 Å². The molecule has 0 bridgehead atoms. The summed E-state index contributed by atoms with van der Waals surface area (Å²) < 4.78 is 0. The number of fused-ring (bicyclic) bond motifs is 1. The first kappa shape index (κ1) is 11.2. The molecular weight excluding hydrogens is 196 g/mol. The molecule has 16 heavy (non-hydrogen) atoms. The van der Waals surface area contributed by atoms with Crippen molar-refractivity contribution in [1.82, 2.24) is 4.90 Å². The predicted octanol–water partition coefficient (Wildman–Crippen LogP) is 2.39. The number of rotatable bonds is 2. The van der Waals surface area contributed by atoms with Gasteiger partial charge in [0.05, 0.1) is 12.1 Å². The summed E-state index contributed by atoms with van der Waals surface area (Å²) in [6.45, 7) is 4.12. The largest absolute Gasteiger partial charge is 0.287 e. The van der Waals surface area contributed by atoms with E-state index in [1.54, 1.807) is 0 Å². The summed E-state index contributed by atoms with van der Waals surface area (Å²) >= 11 is 0. The molecular formula is C14H18N2. The maximum atomic E-state index is 9.10. The van der Waals surface area contributed by atoms with Crippen molar-refractivity contribution in [2.75, 3.05) is 13.1 Å².